The number of ketones is 1. The third-order valence-electron chi connectivity index (χ3n) is 3.74. The number of benzene rings is 1. The summed E-state index contributed by atoms with van der Waals surface area (Å²) < 4.78 is 44.8. The van der Waals surface area contributed by atoms with Gasteiger partial charge in [-0.05, 0) is 31.4 Å². The highest BCUT2D eigenvalue weighted by Gasteiger charge is 2.45. The summed E-state index contributed by atoms with van der Waals surface area (Å²) in [7, 11) is -4.55. The first-order valence-corrected chi connectivity index (χ1v) is 11.5. The predicted molar refractivity (Wildman–Crippen MR) is 106 cm³/mol. The molecule has 0 radical (unpaired) electrons. The lowest BCUT2D eigenvalue weighted by Gasteiger charge is -2.32. The van der Waals surface area contributed by atoms with Crippen molar-refractivity contribution in [2.24, 2.45) is 5.92 Å². The molecule has 0 saturated heterocycles. The molecular formula is C16H21Cl2NO7S2. The van der Waals surface area contributed by atoms with Crippen LogP contribution in [0.2, 0.25) is 0 Å². The molecule has 0 amide bonds. The van der Waals surface area contributed by atoms with E-state index < -0.39 is 49.1 Å². The molecule has 3 unspecified atom stereocenters. The van der Waals surface area contributed by atoms with Crippen molar-refractivity contribution in [3.63, 3.8) is 0 Å². The van der Waals surface area contributed by atoms with Crippen molar-refractivity contribution in [1.29, 1.82) is 0 Å². The molecule has 0 saturated carbocycles. The molecule has 28 heavy (non-hydrogen) atoms. The Bertz CT molecular complexity index is 843. The molecule has 1 rings (SSSR count). The van der Waals surface area contributed by atoms with Gasteiger partial charge in [-0.25, -0.2) is 12.6 Å². The van der Waals surface area contributed by atoms with Crippen LogP contribution < -0.4 is 0 Å². The molecule has 0 fully saturated rings. The summed E-state index contributed by atoms with van der Waals surface area (Å²) in [6, 6.07) is 3.82. The minimum atomic E-state index is -4.55. The Labute approximate surface area is 176 Å². The summed E-state index contributed by atoms with van der Waals surface area (Å²) in [6.45, 7) is 5.07. The molecule has 2 N–H and O–H groups in total. The van der Waals surface area contributed by atoms with Gasteiger partial charge in [0.2, 0.25) is 10.0 Å². The second-order valence-electron chi connectivity index (χ2n) is 6.46. The molecule has 0 spiro atoms. The van der Waals surface area contributed by atoms with Gasteiger partial charge in [-0.3, -0.25) is 9.59 Å². The Balaban J connectivity index is 3.57. The van der Waals surface area contributed by atoms with Gasteiger partial charge in [-0.1, -0.05) is 54.7 Å². The summed E-state index contributed by atoms with van der Waals surface area (Å²) in [6.07, 6.45) is -0.147. The lowest BCUT2D eigenvalue weighted by atomic mass is 10.0. The number of Topliss-reactive ketones (excluding diaryl/α,β-unsaturated/α-hetero) is 1. The van der Waals surface area contributed by atoms with Crippen molar-refractivity contribution in [3.8, 4) is 0 Å². The van der Waals surface area contributed by atoms with Crippen molar-refractivity contribution in [1.82, 2.24) is 4.31 Å². The zero-order chi connectivity index (χ0) is 21.8. The van der Waals surface area contributed by atoms with Crippen LogP contribution in [-0.2, 0) is 30.7 Å². The Morgan fingerprint density at radius 1 is 1.18 bits per heavy atom. The predicted octanol–water partition coefficient (Wildman–Crippen LogP) is 2.41. The fourth-order valence-corrected chi connectivity index (χ4v) is 5.12. The quantitative estimate of drug-likeness (QED) is 0.303. The Kier molecular flexibility index (Phi) is 9.04. The van der Waals surface area contributed by atoms with Crippen LogP contribution in [0.5, 0.6) is 0 Å². The van der Waals surface area contributed by atoms with Crippen LogP contribution in [0.4, 0.5) is 0 Å². The number of aliphatic carboxylic acids is 1. The Hall–Kier alpha value is -1.04. The van der Waals surface area contributed by atoms with Crippen molar-refractivity contribution in [2.75, 3.05) is 0 Å². The maximum absolute atomic E-state index is 13.2. The molecule has 158 valence electrons. The van der Waals surface area contributed by atoms with Crippen LogP contribution in [-0.4, -0.2) is 54.6 Å². The van der Waals surface area contributed by atoms with Crippen molar-refractivity contribution in [3.05, 3.63) is 29.8 Å². The van der Waals surface area contributed by atoms with E-state index in [1.807, 2.05) is 0 Å². The monoisotopic (exact) mass is 473 g/mol. The number of carboxylic acids is 1. The Morgan fingerprint density at radius 3 is 2.07 bits per heavy atom. The summed E-state index contributed by atoms with van der Waals surface area (Å²) in [5.74, 6) is -3.07. The molecule has 0 aliphatic rings. The fraction of sp³-hybridized carbons (Fsp3) is 0.500. The number of nitrogens with zero attached hydrogens (tertiary/aromatic N) is 1. The maximum Gasteiger partial charge on any atom is 0.322 e. The van der Waals surface area contributed by atoms with E-state index >= 15 is 0 Å². The van der Waals surface area contributed by atoms with Crippen LogP contribution in [0, 0.1) is 12.8 Å². The second kappa shape index (κ2) is 10.1. The standard InChI is InChI=1S/C16H21Cl2NO7S2/c1-9(2)8-12(16(21)22)19(14(17)13(20)15(18)27(23)24)28(25,26)11-6-4-10(3)5-7-11/h4-7,9,12,14-15H,8H2,1-3H3,(H,21,22)(H,23,24)/t12-,14?,15?/m0/s1. The SMILES string of the molecule is Cc1ccc(S(=O)(=O)N(C(Cl)C(=O)C(Cl)S(=O)O)[C@@H](CC(C)C)C(=O)O)cc1. The Morgan fingerprint density at radius 2 is 1.68 bits per heavy atom. The van der Waals surface area contributed by atoms with Crippen LogP contribution in [0.3, 0.4) is 0 Å². The average Bonchev–Trinajstić information content (AvgIpc) is 2.59. The molecule has 1 aromatic carbocycles. The highest BCUT2D eigenvalue weighted by atomic mass is 35.5. The first-order chi connectivity index (χ1) is 12.8. The molecule has 4 atom stereocenters. The van der Waals surface area contributed by atoms with E-state index in [-0.39, 0.29) is 17.2 Å². The molecule has 0 aliphatic carbocycles. The lowest BCUT2D eigenvalue weighted by Crippen LogP contribution is -2.53. The second-order valence-corrected chi connectivity index (χ2v) is 10.4. The largest absolute Gasteiger partial charge is 0.480 e. The summed E-state index contributed by atoms with van der Waals surface area (Å²) in [5, 5.41) is 9.61. The first-order valence-electron chi connectivity index (χ1n) is 8.05. The highest BCUT2D eigenvalue weighted by molar-refractivity contribution is 7.89. The van der Waals surface area contributed by atoms with Crippen molar-refractivity contribution < 1.29 is 31.9 Å². The van der Waals surface area contributed by atoms with Gasteiger partial charge in [-0.2, -0.15) is 4.31 Å². The molecule has 1 aromatic rings. The number of alkyl halides is 2. The normalized spacial score (nSPS) is 16.6. The fourth-order valence-electron chi connectivity index (χ4n) is 2.37. The lowest BCUT2D eigenvalue weighted by molar-refractivity contribution is -0.142. The van der Waals surface area contributed by atoms with E-state index in [1.165, 1.54) is 24.3 Å². The zero-order valence-electron chi connectivity index (χ0n) is 15.3. The van der Waals surface area contributed by atoms with Gasteiger partial charge in [0.25, 0.3) is 0 Å². The molecule has 0 aromatic heterocycles. The van der Waals surface area contributed by atoms with Gasteiger partial charge in [-0.15, -0.1) is 0 Å². The summed E-state index contributed by atoms with van der Waals surface area (Å²) in [5.41, 5.74) is -1.33. The smallest absolute Gasteiger partial charge is 0.322 e. The number of hydrogen-bond donors (Lipinski definition) is 2. The number of halogens is 2. The summed E-state index contributed by atoms with van der Waals surface area (Å²) >= 11 is 8.76. The maximum atomic E-state index is 13.2. The number of hydrogen-bond acceptors (Lipinski definition) is 5. The van der Waals surface area contributed by atoms with Crippen molar-refractivity contribution in [2.45, 2.75) is 48.3 Å². The average molecular weight is 474 g/mol. The van der Waals surface area contributed by atoms with Gasteiger partial charge in [0.15, 0.2) is 27.1 Å². The van der Waals surface area contributed by atoms with Gasteiger partial charge in [0.1, 0.15) is 6.04 Å². The first kappa shape index (κ1) is 25.0. The molecule has 8 nitrogen and oxygen atoms in total. The van der Waals surface area contributed by atoms with Crippen LogP contribution >= 0.6 is 23.2 Å². The van der Waals surface area contributed by atoms with Crippen LogP contribution in [0.1, 0.15) is 25.8 Å². The van der Waals surface area contributed by atoms with E-state index in [2.05, 4.69) is 0 Å². The van der Waals surface area contributed by atoms with Crippen LogP contribution in [0.15, 0.2) is 29.2 Å². The number of carboxylic acid groups (broad SMARTS) is 1. The number of aryl methyl sites for hydroxylation is 1. The topological polar surface area (TPSA) is 129 Å². The molecule has 0 heterocycles. The van der Waals surface area contributed by atoms with E-state index in [9.17, 15) is 27.3 Å². The van der Waals surface area contributed by atoms with Gasteiger partial charge in [0, 0.05) is 0 Å². The minimum absolute atomic E-state index is 0.147. The third kappa shape index (κ3) is 5.98. The van der Waals surface area contributed by atoms with E-state index in [0.717, 1.165) is 5.56 Å². The summed E-state index contributed by atoms with van der Waals surface area (Å²) in [4.78, 5) is 23.9. The number of sulfonamides is 1. The van der Waals surface area contributed by atoms with E-state index in [1.54, 1.807) is 20.8 Å². The van der Waals surface area contributed by atoms with Crippen molar-refractivity contribution >= 4 is 56.1 Å². The number of rotatable bonds is 10. The molecule has 12 heteroatoms. The van der Waals surface area contributed by atoms with Gasteiger partial charge >= 0.3 is 5.97 Å². The van der Waals surface area contributed by atoms with E-state index in [4.69, 9.17) is 27.8 Å². The number of carbonyl (C=O) groups is 2. The zero-order valence-corrected chi connectivity index (χ0v) is 18.4. The highest BCUT2D eigenvalue weighted by Crippen LogP contribution is 2.28. The van der Waals surface area contributed by atoms with Gasteiger partial charge in [0.05, 0.1) is 4.90 Å². The van der Waals surface area contributed by atoms with Gasteiger partial charge < -0.3 is 9.66 Å². The minimum Gasteiger partial charge on any atom is -0.480 e. The van der Waals surface area contributed by atoms with E-state index in [0.29, 0.717) is 4.31 Å². The molecule has 0 bridgehead atoms. The number of carbonyl (C=O) groups excluding carboxylic acids is 1. The molecular weight excluding hydrogens is 453 g/mol. The third-order valence-corrected chi connectivity index (χ3v) is 7.43. The van der Waals surface area contributed by atoms with Crippen LogP contribution in [0.25, 0.3) is 0 Å². The molecule has 0 aliphatic heterocycles.